The van der Waals surface area contributed by atoms with E-state index in [4.69, 9.17) is 4.74 Å². The van der Waals surface area contributed by atoms with Crippen LogP contribution in [0.15, 0.2) is 54.6 Å². The number of amides is 1. The number of ketones is 1. The molecule has 5 rings (SSSR count). The van der Waals surface area contributed by atoms with Gasteiger partial charge in [-0.3, -0.25) is 14.5 Å². The lowest BCUT2D eigenvalue weighted by atomic mass is 9.88. The highest BCUT2D eigenvalue weighted by Gasteiger charge is 2.32. The van der Waals surface area contributed by atoms with E-state index in [0.717, 1.165) is 63.0 Å². The third-order valence-electron chi connectivity index (χ3n) is 7.64. The van der Waals surface area contributed by atoms with Crippen molar-refractivity contribution < 1.29 is 14.3 Å². The van der Waals surface area contributed by atoms with Gasteiger partial charge in [-0.15, -0.1) is 0 Å². The van der Waals surface area contributed by atoms with Gasteiger partial charge in [0.15, 0.2) is 5.78 Å². The molecule has 180 valence electrons. The van der Waals surface area contributed by atoms with Gasteiger partial charge in [0.2, 0.25) is 0 Å². The first-order chi connectivity index (χ1) is 16.7. The molecule has 0 aliphatic carbocycles. The van der Waals surface area contributed by atoms with Crippen molar-refractivity contribution >= 4 is 17.4 Å². The van der Waals surface area contributed by atoms with Crippen LogP contribution in [0.2, 0.25) is 0 Å². The summed E-state index contributed by atoms with van der Waals surface area (Å²) in [5, 5.41) is 0. The van der Waals surface area contributed by atoms with Gasteiger partial charge in [-0.2, -0.15) is 0 Å². The summed E-state index contributed by atoms with van der Waals surface area (Å²) in [7, 11) is 0. The van der Waals surface area contributed by atoms with Crippen LogP contribution in [0.1, 0.15) is 46.4 Å². The average Bonchev–Trinajstić information content (AvgIpc) is 2.93. The zero-order chi connectivity index (χ0) is 23.3. The van der Waals surface area contributed by atoms with Crippen LogP contribution < -0.4 is 4.90 Å². The minimum atomic E-state index is 0.0956. The van der Waals surface area contributed by atoms with Crippen LogP contribution >= 0.6 is 0 Å². The summed E-state index contributed by atoms with van der Waals surface area (Å²) in [4.78, 5) is 32.5. The predicted molar refractivity (Wildman–Crippen MR) is 133 cm³/mol. The Morgan fingerprint density at radius 1 is 0.765 bits per heavy atom. The number of benzene rings is 2. The smallest absolute Gasteiger partial charge is 0.254 e. The number of carbonyl (C=O) groups excluding carboxylic acids is 2. The summed E-state index contributed by atoms with van der Waals surface area (Å²) in [5.74, 6) is 0.512. The third kappa shape index (κ3) is 5.18. The Balaban J connectivity index is 1.14. The molecule has 6 heteroatoms. The minimum absolute atomic E-state index is 0.0956. The lowest BCUT2D eigenvalue weighted by Crippen LogP contribution is -2.49. The number of Topliss-reactive ketones (excluding diaryl/α,β-unsaturated/α-hetero) is 1. The number of piperidine rings is 2. The second kappa shape index (κ2) is 10.7. The van der Waals surface area contributed by atoms with Gasteiger partial charge in [0.25, 0.3) is 5.91 Å². The highest BCUT2D eigenvalue weighted by molar-refractivity contribution is 5.98. The Morgan fingerprint density at radius 2 is 1.47 bits per heavy atom. The van der Waals surface area contributed by atoms with E-state index >= 15 is 0 Å². The number of morpholine rings is 1. The quantitative estimate of drug-likeness (QED) is 0.636. The Labute approximate surface area is 202 Å². The fraction of sp³-hybridized carbons (Fsp3) is 0.500. The number of carbonyl (C=O) groups is 2. The average molecular weight is 462 g/mol. The van der Waals surface area contributed by atoms with Gasteiger partial charge >= 0.3 is 0 Å². The maximum Gasteiger partial charge on any atom is 0.254 e. The minimum Gasteiger partial charge on any atom is -0.378 e. The lowest BCUT2D eigenvalue weighted by molar-refractivity contribution is 0.0303. The standard InChI is InChI=1S/C28H35N3O3/c32-27(22-5-2-1-3-6-22)24-7-4-14-31(21-24)26-12-15-29(16-13-26)25-10-8-23(9-11-25)28(33)30-17-19-34-20-18-30/h1-3,5-6,8-11,24,26H,4,7,12-21H2/t24-/m1/s1. The van der Waals surface area contributed by atoms with E-state index in [1.54, 1.807) is 0 Å². The summed E-state index contributed by atoms with van der Waals surface area (Å²) in [6.45, 7) is 6.58. The molecule has 1 amide bonds. The molecule has 0 bridgehead atoms. The molecule has 3 heterocycles. The van der Waals surface area contributed by atoms with Gasteiger partial charge in [-0.1, -0.05) is 30.3 Å². The normalized spacial score (nSPS) is 22.5. The SMILES string of the molecule is O=C(c1ccccc1)[C@@H]1CCCN(C2CCN(c3ccc(C(=O)N4CCOCC4)cc3)CC2)C1. The molecular weight excluding hydrogens is 426 g/mol. The van der Waals surface area contributed by atoms with Gasteiger partial charge in [-0.05, 0) is 56.5 Å². The zero-order valence-electron chi connectivity index (χ0n) is 19.9. The van der Waals surface area contributed by atoms with E-state index in [9.17, 15) is 9.59 Å². The molecule has 0 N–H and O–H groups in total. The van der Waals surface area contributed by atoms with Crippen LogP contribution in [0, 0.1) is 5.92 Å². The second-order valence-electron chi connectivity index (χ2n) is 9.73. The Morgan fingerprint density at radius 3 is 2.18 bits per heavy atom. The van der Waals surface area contributed by atoms with Crippen LogP contribution in [0.25, 0.3) is 0 Å². The molecule has 3 saturated heterocycles. The first kappa shape index (κ1) is 23.1. The number of anilines is 1. The van der Waals surface area contributed by atoms with E-state index in [-0.39, 0.29) is 11.8 Å². The third-order valence-corrected chi connectivity index (χ3v) is 7.64. The number of likely N-dealkylation sites (tertiary alicyclic amines) is 1. The molecule has 2 aromatic rings. The van der Waals surface area contributed by atoms with Gasteiger partial charge < -0.3 is 14.5 Å². The molecule has 3 fully saturated rings. The van der Waals surface area contributed by atoms with E-state index in [0.29, 0.717) is 38.1 Å². The van der Waals surface area contributed by atoms with Crippen LogP contribution in [0.5, 0.6) is 0 Å². The first-order valence-electron chi connectivity index (χ1n) is 12.7. The van der Waals surface area contributed by atoms with Crippen molar-refractivity contribution in [1.29, 1.82) is 0 Å². The van der Waals surface area contributed by atoms with E-state index in [1.165, 1.54) is 5.69 Å². The Bertz CT molecular complexity index is 964. The monoisotopic (exact) mass is 461 g/mol. The van der Waals surface area contributed by atoms with Crippen molar-refractivity contribution in [2.24, 2.45) is 5.92 Å². The number of rotatable bonds is 5. The topological polar surface area (TPSA) is 53.1 Å². The van der Waals surface area contributed by atoms with Crippen molar-refractivity contribution in [3.05, 3.63) is 65.7 Å². The lowest BCUT2D eigenvalue weighted by Gasteiger charge is -2.42. The van der Waals surface area contributed by atoms with Gasteiger partial charge in [0, 0.05) is 61.5 Å². The first-order valence-corrected chi connectivity index (χ1v) is 12.7. The molecular formula is C28H35N3O3. The summed E-state index contributed by atoms with van der Waals surface area (Å²) in [6.07, 6.45) is 4.32. The molecule has 0 saturated carbocycles. The maximum atomic E-state index is 13.0. The summed E-state index contributed by atoms with van der Waals surface area (Å²) in [5.41, 5.74) is 2.79. The molecule has 3 aliphatic rings. The van der Waals surface area contributed by atoms with Crippen molar-refractivity contribution in [2.45, 2.75) is 31.7 Å². The van der Waals surface area contributed by atoms with Crippen molar-refractivity contribution in [1.82, 2.24) is 9.80 Å². The van der Waals surface area contributed by atoms with Crippen LogP contribution in [0.4, 0.5) is 5.69 Å². The molecule has 6 nitrogen and oxygen atoms in total. The van der Waals surface area contributed by atoms with Crippen molar-refractivity contribution in [3.8, 4) is 0 Å². The molecule has 34 heavy (non-hydrogen) atoms. The number of hydrogen-bond donors (Lipinski definition) is 0. The summed E-state index contributed by atoms with van der Waals surface area (Å²) >= 11 is 0. The number of ether oxygens (including phenoxy) is 1. The number of hydrogen-bond acceptors (Lipinski definition) is 5. The second-order valence-corrected chi connectivity index (χ2v) is 9.73. The highest BCUT2D eigenvalue weighted by Crippen LogP contribution is 2.28. The summed E-state index contributed by atoms with van der Waals surface area (Å²) < 4.78 is 5.35. The highest BCUT2D eigenvalue weighted by atomic mass is 16.5. The fourth-order valence-electron chi connectivity index (χ4n) is 5.64. The van der Waals surface area contributed by atoms with E-state index in [1.807, 2.05) is 47.4 Å². The maximum absolute atomic E-state index is 13.0. The van der Waals surface area contributed by atoms with Crippen LogP contribution in [-0.4, -0.2) is 80.0 Å². The molecule has 0 aromatic heterocycles. The number of nitrogens with zero attached hydrogens (tertiary/aromatic N) is 3. The van der Waals surface area contributed by atoms with Crippen molar-refractivity contribution in [3.63, 3.8) is 0 Å². The molecule has 1 atom stereocenters. The molecule has 0 radical (unpaired) electrons. The Kier molecular flexibility index (Phi) is 7.26. The zero-order valence-corrected chi connectivity index (χ0v) is 19.9. The largest absolute Gasteiger partial charge is 0.378 e. The fourth-order valence-corrected chi connectivity index (χ4v) is 5.64. The van der Waals surface area contributed by atoms with E-state index < -0.39 is 0 Å². The van der Waals surface area contributed by atoms with Crippen LogP contribution in [-0.2, 0) is 4.74 Å². The Hall–Kier alpha value is -2.70. The van der Waals surface area contributed by atoms with Crippen molar-refractivity contribution in [2.75, 3.05) is 57.4 Å². The molecule has 0 spiro atoms. The van der Waals surface area contributed by atoms with Gasteiger partial charge in [0.05, 0.1) is 13.2 Å². The molecule has 2 aromatic carbocycles. The van der Waals surface area contributed by atoms with Gasteiger partial charge in [0.1, 0.15) is 0 Å². The van der Waals surface area contributed by atoms with Crippen LogP contribution in [0.3, 0.4) is 0 Å². The predicted octanol–water partition coefficient (Wildman–Crippen LogP) is 3.72. The molecule has 3 aliphatic heterocycles. The summed E-state index contributed by atoms with van der Waals surface area (Å²) in [6, 6.07) is 18.4. The van der Waals surface area contributed by atoms with Gasteiger partial charge in [-0.25, -0.2) is 0 Å². The van der Waals surface area contributed by atoms with E-state index in [2.05, 4.69) is 21.9 Å². The molecule has 0 unspecified atom stereocenters.